The zero-order valence-electron chi connectivity index (χ0n) is 18.9. The first-order chi connectivity index (χ1) is 16.5. The largest absolute Gasteiger partial charge is 0.481 e. The number of ether oxygens (including phenoxy) is 1. The molecule has 2 aromatic rings. The third-order valence-corrected chi connectivity index (χ3v) is 7.35. The molecule has 7 heteroatoms. The lowest BCUT2D eigenvalue weighted by Crippen LogP contribution is -2.56. The Bertz CT molecular complexity index is 1100. The van der Waals surface area contributed by atoms with Gasteiger partial charge >= 0.3 is 12.1 Å². The zero-order chi connectivity index (χ0) is 23.7. The Morgan fingerprint density at radius 2 is 1.71 bits per heavy atom. The number of nitrogens with one attached hydrogen (secondary N) is 1. The summed E-state index contributed by atoms with van der Waals surface area (Å²) in [5, 5.41) is 12.1. The molecule has 34 heavy (non-hydrogen) atoms. The molecule has 176 valence electrons. The number of piperidine rings is 2. The summed E-state index contributed by atoms with van der Waals surface area (Å²) in [7, 11) is 0. The molecule has 2 N–H and O–H groups in total. The molecule has 2 bridgehead atoms. The van der Waals surface area contributed by atoms with E-state index >= 15 is 0 Å². The molecular formula is C27H28N2O5. The van der Waals surface area contributed by atoms with Crippen molar-refractivity contribution >= 4 is 18.0 Å². The summed E-state index contributed by atoms with van der Waals surface area (Å²) in [5.74, 6) is -1.26. The Balaban J connectivity index is 1.12. The van der Waals surface area contributed by atoms with Gasteiger partial charge in [-0.3, -0.25) is 9.59 Å². The molecule has 6 rings (SSSR count). The van der Waals surface area contributed by atoms with Crippen LogP contribution in [0.3, 0.4) is 0 Å². The second kappa shape index (κ2) is 9.33. The second-order valence-electron chi connectivity index (χ2n) is 9.29. The van der Waals surface area contributed by atoms with Crippen molar-refractivity contribution < 1.29 is 24.2 Å². The summed E-state index contributed by atoms with van der Waals surface area (Å²) >= 11 is 0. The van der Waals surface area contributed by atoms with Gasteiger partial charge in [-0.2, -0.15) is 0 Å². The van der Waals surface area contributed by atoms with Gasteiger partial charge in [0.15, 0.2) is 0 Å². The number of amides is 2. The Labute approximate surface area is 198 Å². The SMILES string of the molecule is O=C(NC/C=C/C(=O)N1CC2CCC1C(C(=O)O)C2)OCC1c2ccccc2-c2ccccc21. The van der Waals surface area contributed by atoms with Gasteiger partial charge in [-0.05, 0) is 47.4 Å². The number of carbonyl (C=O) groups excluding carboxylic acids is 2. The number of rotatable bonds is 6. The maximum atomic E-state index is 12.6. The minimum absolute atomic E-state index is 0.00743. The molecule has 7 nitrogen and oxygen atoms in total. The fourth-order valence-electron chi connectivity index (χ4n) is 5.76. The van der Waals surface area contributed by atoms with Crippen LogP contribution in [0.25, 0.3) is 11.1 Å². The van der Waals surface area contributed by atoms with Crippen LogP contribution in [0.5, 0.6) is 0 Å². The van der Waals surface area contributed by atoms with Gasteiger partial charge in [-0.15, -0.1) is 0 Å². The zero-order valence-corrected chi connectivity index (χ0v) is 18.9. The molecule has 2 aliphatic carbocycles. The molecule has 4 aliphatic rings. The van der Waals surface area contributed by atoms with Gasteiger partial charge in [0.1, 0.15) is 6.61 Å². The van der Waals surface area contributed by atoms with Gasteiger partial charge < -0.3 is 20.1 Å². The van der Waals surface area contributed by atoms with E-state index in [9.17, 15) is 19.5 Å². The summed E-state index contributed by atoms with van der Waals surface area (Å²) in [4.78, 5) is 38.1. The van der Waals surface area contributed by atoms with Crippen molar-refractivity contribution in [1.29, 1.82) is 0 Å². The number of nitrogens with zero attached hydrogens (tertiary/aromatic N) is 1. The number of benzene rings is 2. The first-order valence-electron chi connectivity index (χ1n) is 11.8. The number of hydrogen-bond acceptors (Lipinski definition) is 4. The lowest BCUT2D eigenvalue weighted by atomic mass is 9.72. The van der Waals surface area contributed by atoms with E-state index in [2.05, 4.69) is 29.6 Å². The summed E-state index contributed by atoms with van der Waals surface area (Å²) < 4.78 is 5.50. The molecule has 2 amide bonds. The van der Waals surface area contributed by atoms with Gasteiger partial charge in [-0.25, -0.2) is 4.79 Å². The first-order valence-corrected chi connectivity index (χ1v) is 11.8. The fourth-order valence-corrected chi connectivity index (χ4v) is 5.76. The molecule has 3 unspecified atom stereocenters. The number of fused-ring (bicyclic) bond motifs is 6. The number of alkyl carbamates (subject to hydrolysis) is 1. The number of carboxylic acids is 1. The number of aliphatic carboxylic acids is 1. The van der Waals surface area contributed by atoms with E-state index in [1.54, 1.807) is 11.0 Å². The molecule has 3 atom stereocenters. The molecule has 1 saturated carbocycles. The molecule has 2 heterocycles. The predicted molar refractivity (Wildman–Crippen MR) is 126 cm³/mol. The van der Waals surface area contributed by atoms with Gasteiger partial charge in [0.2, 0.25) is 5.91 Å². The summed E-state index contributed by atoms with van der Waals surface area (Å²) in [6.45, 7) is 1.00. The summed E-state index contributed by atoms with van der Waals surface area (Å²) in [6, 6.07) is 16.1. The maximum absolute atomic E-state index is 12.6. The highest BCUT2D eigenvalue weighted by molar-refractivity contribution is 5.89. The Kier molecular flexibility index (Phi) is 6.09. The predicted octanol–water partition coefficient (Wildman–Crippen LogP) is 3.79. The van der Waals surface area contributed by atoms with E-state index in [0.29, 0.717) is 13.0 Å². The average Bonchev–Trinajstić information content (AvgIpc) is 3.19. The van der Waals surface area contributed by atoms with Crippen molar-refractivity contribution in [1.82, 2.24) is 10.2 Å². The van der Waals surface area contributed by atoms with Crippen molar-refractivity contribution in [3.63, 3.8) is 0 Å². The number of carbonyl (C=O) groups is 3. The van der Waals surface area contributed by atoms with Gasteiger partial charge in [-0.1, -0.05) is 54.6 Å². The lowest BCUT2D eigenvalue weighted by molar-refractivity contribution is -0.153. The van der Waals surface area contributed by atoms with Crippen LogP contribution in [0.15, 0.2) is 60.7 Å². The minimum Gasteiger partial charge on any atom is -0.481 e. The Morgan fingerprint density at radius 3 is 2.35 bits per heavy atom. The van der Waals surface area contributed by atoms with Crippen LogP contribution in [0.2, 0.25) is 0 Å². The number of carboxylic acid groups (broad SMARTS) is 1. The first kappa shape index (κ1) is 22.2. The molecule has 2 aliphatic heterocycles. The fraction of sp³-hybridized carbons (Fsp3) is 0.370. The third-order valence-electron chi connectivity index (χ3n) is 7.35. The van der Waals surface area contributed by atoms with E-state index in [1.807, 2.05) is 24.3 Å². The third kappa shape index (κ3) is 4.18. The molecule has 2 saturated heterocycles. The van der Waals surface area contributed by atoms with E-state index in [-0.39, 0.29) is 36.9 Å². The maximum Gasteiger partial charge on any atom is 0.407 e. The highest BCUT2D eigenvalue weighted by Gasteiger charge is 2.45. The van der Waals surface area contributed by atoms with Crippen LogP contribution in [0.4, 0.5) is 4.79 Å². The minimum atomic E-state index is -0.826. The highest BCUT2D eigenvalue weighted by Crippen LogP contribution is 2.44. The molecule has 2 aromatic carbocycles. The highest BCUT2D eigenvalue weighted by atomic mass is 16.5. The Hall–Kier alpha value is -3.61. The van der Waals surface area contributed by atoms with E-state index in [0.717, 1.165) is 24.0 Å². The van der Waals surface area contributed by atoms with Crippen LogP contribution in [-0.2, 0) is 14.3 Å². The van der Waals surface area contributed by atoms with E-state index < -0.39 is 18.0 Å². The normalized spacial score (nSPS) is 22.9. The van der Waals surface area contributed by atoms with Crippen LogP contribution >= 0.6 is 0 Å². The van der Waals surface area contributed by atoms with Crippen LogP contribution in [0.1, 0.15) is 36.3 Å². The van der Waals surface area contributed by atoms with E-state index in [1.165, 1.54) is 17.2 Å². The molecule has 3 fully saturated rings. The van der Waals surface area contributed by atoms with Crippen molar-refractivity contribution in [3.8, 4) is 11.1 Å². The van der Waals surface area contributed by atoms with Crippen LogP contribution < -0.4 is 5.32 Å². The lowest BCUT2D eigenvalue weighted by Gasteiger charge is -2.48. The molecular weight excluding hydrogens is 432 g/mol. The van der Waals surface area contributed by atoms with E-state index in [4.69, 9.17) is 4.74 Å². The smallest absolute Gasteiger partial charge is 0.407 e. The van der Waals surface area contributed by atoms with Crippen molar-refractivity contribution in [2.75, 3.05) is 19.7 Å². The standard InChI is InChI=1S/C27H28N2O5/c30-25(29-15-17-11-12-24(29)22(14-17)26(31)32)10-5-13-28-27(33)34-16-23-20-8-3-1-6-18(20)19-7-2-4-9-21(19)23/h1-10,17,22-24H,11-16H2,(H,28,33)(H,31,32)/b10-5+. The molecule has 0 aromatic heterocycles. The van der Waals surface area contributed by atoms with Crippen LogP contribution in [-0.4, -0.2) is 53.7 Å². The topological polar surface area (TPSA) is 95.9 Å². The number of hydrogen-bond donors (Lipinski definition) is 2. The summed E-state index contributed by atoms with van der Waals surface area (Å²) in [5.41, 5.74) is 4.64. The van der Waals surface area contributed by atoms with Crippen molar-refractivity contribution in [2.24, 2.45) is 11.8 Å². The second-order valence-corrected chi connectivity index (χ2v) is 9.29. The van der Waals surface area contributed by atoms with Gasteiger partial charge in [0.25, 0.3) is 0 Å². The van der Waals surface area contributed by atoms with Crippen molar-refractivity contribution in [3.05, 3.63) is 71.8 Å². The van der Waals surface area contributed by atoms with Gasteiger partial charge in [0, 0.05) is 31.1 Å². The Morgan fingerprint density at radius 1 is 1.03 bits per heavy atom. The van der Waals surface area contributed by atoms with Gasteiger partial charge in [0.05, 0.1) is 5.92 Å². The van der Waals surface area contributed by atoms with Crippen LogP contribution in [0, 0.1) is 11.8 Å². The quantitative estimate of drug-likeness (QED) is 0.640. The monoisotopic (exact) mass is 460 g/mol. The average molecular weight is 461 g/mol. The molecule has 0 spiro atoms. The summed E-state index contributed by atoms with van der Waals surface area (Å²) in [6.07, 6.45) is 4.83. The van der Waals surface area contributed by atoms with Crippen molar-refractivity contribution in [2.45, 2.75) is 31.2 Å². The molecule has 0 radical (unpaired) electrons.